The monoisotopic (exact) mass is 215 g/mol. The van der Waals surface area contributed by atoms with Crippen molar-refractivity contribution in [2.45, 2.75) is 51.7 Å². The first-order valence-corrected chi connectivity index (χ1v) is 5.50. The molecule has 0 saturated heterocycles. The van der Waals surface area contributed by atoms with Crippen LogP contribution in [0.4, 0.5) is 0 Å². The fourth-order valence-corrected chi connectivity index (χ4v) is 2.49. The van der Waals surface area contributed by atoms with Crippen LogP contribution in [0.15, 0.2) is 0 Å². The molecule has 0 aliphatic heterocycles. The van der Waals surface area contributed by atoms with Crippen LogP contribution >= 0.6 is 0 Å². The quantitative estimate of drug-likeness (QED) is 0.655. The largest absolute Gasteiger partial charge is 0.480 e. The van der Waals surface area contributed by atoms with Crippen molar-refractivity contribution < 1.29 is 15.0 Å². The molecule has 0 aromatic heterocycles. The first kappa shape index (κ1) is 12.5. The van der Waals surface area contributed by atoms with Gasteiger partial charge >= 0.3 is 5.97 Å². The van der Waals surface area contributed by atoms with Crippen LogP contribution in [-0.2, 0) is 4.79 Å². The van der Waals surface area contributed by atoms with E-state index in [1.165, 1.54) is 0 Å². The zero-order valence-electron chi connectivity index (χ0n) is 9.44. The molecule has 15 heavy (non-hydrogen) atoms. The molecule has 3 unspecified atom stereocenters. The molecule has 0 radical (unpaired) electrons. The summed E-state index contributed by atoms with van der Waals surface area (Å²) < 4.78 is 0. The SMILES string of the molecule is CC1(C)CCCC(C(O)C(N)C(=O)O)C1. The van der Waals surface area contributed by atoms with Gasteiger partial charge in [0.15, 0.2) is 0 Å². The summed E-state index contributed by atoms with van der Waals surface area (Å²) in [5.41, 5.74) is 5.63. The summed E-state index contributed by atoms with van der Waals surface area (Å²) in [6.45, 7) is 4.30. The van der Waals surface area contributed by atoms with E-state index in [0.717, 1.165) is 25.7 Å². The van der Waals surface area contributed by atoms with Crippen LogP contribution in [0, 0.1) is 11.3 Å². The van der Waals surface area contributed by atoms with Crippen LogP contribution in [0.25, 0.3) is 0 Å². The molecule has 0 bridgehead atoms. The molecule has 88 valence electrons. The minimum atomic E-state index is -1.15. The van der Waals surface area contributed by atoms with E-state index in [-0.39, 0.29) is 11.3 Å². The Balaban J connectivity index is 2.60. The average molecular weight is 215 g/mol. The van der Waals surface area contributed by atoms with Gasteiger partial charge in [-0.15, -0.1) is 0 Å². The third-order valence-corrected chi connectivity index (χ3v) is 3.38. The van der Waals surface area contributed by atoms with E-state index in [1.54, 1.807) is 0 Å². The minimum Gasteiger partial charge on any atom is -0.480 e. The lowest BCUT2D eigenvalue weighted by molar-refractivity contribution is -0.142. The molecular weight excluding hydrogens is 194 g/mol. The van der Waals surface area contributed by atoms with Crippen LogP contribution < -0.4 is 5.73 Å². The van der Waals surface area contributed by atoms with Gasteiger partial charge in [-0.25, -0.2) is 0 Å². The molecule has 0 aromatic rings. The highest BCUT2D eigenvalue weighted by atomic mass is 16.4. The van der Waals surface area contributed by atoms with Crippen molar-refractivity contribution in [1.29, 1.82) is 0 Å². The van der Waals surface area contributed by atoms with Crippen LogP contribution in [0.3, 0.4) is 0 Å². The maximum Gasteiger partial charge on any atom is 0.323 e. The number of aliphatic hydroxyl groups is 1. The van der Waals surface area contributed by atoms with Crippen molar-refractivity contribution in [2.24, 2.45) is 17.1 Å². The maximum absolute atomic E-state index is 10.7. The van der Waals surface area contributed by atoms with Gasteiger partial charge in [0.2, 0.25) is 0 Å². The van der Waals surface area contributed by atoms with E-state index in [0.29, 0.717) is 0 Å². The normalized spacial score (nSPS) is 29.5. The Labute approximate surface area is 90.5 Å². The number of aliphatic carboxylic acids is 1. The molecule has 1 saturated carbocycles. The van der Waals surface area contributed by atoms with Crippen LogP contribution in [0.1, 0.15) is 39.5 Å². The van der Waals surface area contributed by atoms with E-state index in [2.05, 4.69) is 13.8 Å². The lowest BCUT2D eigenvalue weighted by atomic mass is 9.69. The molecule has 0 heterocycles. The van der Waals surface area contributed by atoms with Gasteiger partial charge in [0, 0.05) is 0 Å². The van der Waals surface area contributed by atoms with Crippen molar-refractivity contribution in [3.8, 4) is 0 Å². The van der Waals surface area contributed by atoms with Gasteiger partial charge in [-0.3, -0.25) is 4.79 Å². The van der Waals surface area contributed by atoms with Gasteiger partial charge in [-0.2, -0.15) is 0 Å². The minimum absolute atomic E-state index is 0.0276. The summed E-state index contributed by atoms with van der Waals surface area (Å²) in [7, 11) is 0. The lowest BCUT2D eigenvalue weighted by Gasteiger charge is -2.38. The van der Waals surface area contributed by atoms with Crippen LogP contribution in [0.5, 0.6) is 0 Å². The highest BCUT2D eigenvalue weighted by Crippen LogP contribution is 2.40. The summed E-state index contributed by atoms with van der Waals surface area (Å²) in [5.74, 6) is -1.09. The smallest absolute Gasteiger partial charge is 0.323 e. The zero-order chi connectivity index (χ0) is 11.6. The average Bonchev–Trinajstić information content (AvgIpc) is 2.13. The summed E-state index contributed by atoms with van der Waals surface area (Å²) in [6.07, 6.45) is 3.00. The molecular formula is C11H21NO3. The molecule has 3 atom stereocenters. The Bertz CT molecular complexity index is 240. The van der Waals surface area contributed by atoms with Gasteiger partial charge in [0.05, 0.1) is 6.10 Å². The van der Waals surface area contributed by atoms with E-state index in [9.17, 15) is 9.90 Å². The predicted octanol–water partition coefficient (Wildman–Crippen LogP) is 0.976. The molecule has 0 amide bonds. The number of carboxylic acids is 1. The Hall–Kier alpha value is -0.610. The second-order valence-electron chi connectivity index (χ2n) is 5.38. The zero-order valence-corrected chi connectivity index (χ0v) is 9.44. The maximum atomic E-state index is 10.7. The van der Waals surface area contributed by atoms with Crippen molar-refractivity contribution in [3.05, 3.63) is 0 Å². The molecule has 4 N–H and O–H groups in total. The Kier molecular flexibility index (Phi) is 3.73. The summed E-state index contributed by atoms with van der Waals surface area (Å²) in [5, 5.41) is 18.6. The number of hydrogen-bond acceptors (Lipinski definition) is 3. The molecule has 0 aromatic carbocycles. The van der Waals surface area contributed by atoms with E-state index in [4.69, 9.17) is 10.8 Å². The van der Waals surface area contributed by atoms with E-state index >= 15 is 0 Å². The Morgan fingerprint density at radius 2 is 2.13 bits per heavy atom. The fraction of sp³-hybridized carbons (Fsp3) is 0.909. The first-order chi connectivity index (χ1) is 6.83. The van der Waals surface area contributed by atoms with E-state index < -0.39 is 18.1 Å². The van der Waals surface area contributed by atoms with Crippen molar-refractivity contribution >= 4 is 5.97 Å². The second kappa shape index (κ2) is 4.49. The highest BCUT2D eigenvalue weighted by Gasteiger charge is 2.36. The topological polar surface area (TPSA) is 83.5 Å². The summed E-state index contributed by atoms with van der Waals surface area (Å²) >= 11 is 0. The van der Waals surface area contributed by atoms with E-state index in [1.807, 2.05) is 0 Å². The van der Waals surface area contributed by atoms with Crippen LogP contribution in [-0.4, -0.2) is 28.3 Å². The Morgan fingerprint density at radius 1 is 1.53 bits per heavy atom. The van der Waals surface area contributed by atoms with Crippen molar-refractivity contribution in [1.82, 2.24) is 0 Å². The molecule has 4 nitrogen and oxygen atoms in total. The summed E-state index contributed by atoms with van der Waals surface area (Å²) in [6, 6.07) is -1.15. The predicted molar refractivity (Wildman–Crippen MR) is 57.4 cm³/mol. The number of rotatable bonds is 3. The molecule has 1 rings (SSSR count). The third-order valence-electron chi connectivity index (χ3n) is 3.38. The van der Waals surface area contributed by atoms with Crippen molar-refractivity contribution in [3.63, 3.8) is 0 Å². The fourth-order valence-electron chi connectivity index (χ4n) is 2.49. The number of aliphatic hydroxyl groups excluding tert-OH is 1. The number of carbonyl (C=O) groups is 1. The molecule has 1 fully saturated rings. The highest BCUT2D eigenvalue weighted by molar-refractivity contribution is 5.73. The van der Waals surface area contributed by atoms with Crippen LogP contribution in [0.2, 0.25) is 0 Å². The number of nitrogens with two attached hydrogens (primary N) is 1. The van der Waals surface area contributed by atoms with Crippen molar-refractivity contribution in [2.75, 3.05) is 0 Å². The van der Waals surface area contributed by atoms with Gasteiger partial charge in [-0.1, -0.05) is 20.3 Å². The molecule has 4 heteroatoms. The number of hydrogen-bond donors (Lipinski definition) is 3. The summed E-state index contributed by atoms with van der Waals surface area (Å²) in [4.78, 5) is 10.7. The van der Waals surface area contributed by atoms with Gasteiger partial charge in [-0.05, 0) is 30.6 Å². The number of carboxylic acid groups (broad SMARTS) is 1. The standard InChI is InChI=1S/C11H21NO3/c1-11(2)5-3-4-7(6-11)9(13)8(12)10(14)15/h7-9,13H,3-6,12H2,1-2H3,(H,14,15). The van der Waals surface area contributed by atoms with Gasteiger partial charge in [0.1, 0.15) is 6.04 Å². The Morgan fingerprint density at radius 3 is 2.60 bits per heavy atom. The van der Waals surface area contributed by atoms with Gasteiger partial charge < -0.3 is 15.9 Å². The first-order valence-electron chi connectivity index (χ1n) is 5.50. The lowest BCUT2D eigenvalue weighted by Crippen LogP contribution is -2.47. The molecule has 0 spiro atoms. The molecule has 1 aliphatic rings. The van der Waals surface area contributed by atoms with Gasteiger partial charge in [0.25, 0.3) is 0 Å². The third kappa shape index (κ3) is 3.18. The second-order valence-corrected chi connectivity index (χ2v) is 5.38. The molecule has 1 aliphatic carbocycles.